The van der Waals surface area contributed by atoms with Gasteiger partial charge in [-0.3, -0.25) is 10.1 Å². The first kappa shape index (κ1) is 15.6. The van der Waals surface area contributed by atoms with Crippen LogP contribution in [0.4, 0.5) is 11.4 Å². The predicted octanol–water partition coefficient (Wildman–Crippen LogP) is 1.95. The lowest BCUT2D eigenvalue weighted by atomic mass is 10.2. The van der Waals surface area contributed by atoms with E-state index in [2.05, 4.69) is 0 Å². The first-order valence-electron chi connectivity index (χ1n) is 5.96. The van der Waals surface area contributed by atoms with Gasteiger partial charge in [0.15, 0.2) is 0 Å². The number of para-hydroxylation sites is 1. The second kappa shape index (κ2) is 5.90. The van der Waals surface area contributed by atoms with E-state index in [4.69, 9.17) is 14.7 Å². The summed E-state index contributed by atoms with van der Waals surface area (Å²) in [6.45, 7) is 0. The lowest BCUT2D eigenvalue weighted by Crippen LogP contribution is -2.13. The molecule has 8 nitrogen and oxygen atoms in total. The van der Waals surface area contributed by atoms with Crippen LogP contribution in [0.1, 0.15) is 0 Å². The van der Waals surface area contributed by atoms with Gasteiger partial charge in [0.25, 0.3) is 5.69 Å². The van der Waals surface area contributed by atoms with Gasteiger partial charge in [0.2, 0.25) is 0 Å². The minimum atomic E-state index is -4.34. The van der Waals surface area contributed by atoms with Gasteiger partial charge in [0.1, 0.15) is 16.4 Å². The smallest absolute Gasteiger partial charge is 0.341 e. The summed E-state index contributed by atoms with van der Waals surface area (Å²) in [5.41, 5.74) is 4.96. The minimum Gasteiger partial charge on any atom is -0.494 e. The number of methoxy groups -OCH3 is 1. The van der Waals surface area contributed by atoms with Crippen LogP contribution in [0.5, 0.6) is 11.5 Å². The third-order valence-corrected chi connectivity index (χ3v) is 4.03. The van der Waals surface area contributed by atoms with E-state index in [1.165, 1.54) is 19.2 Å². The molecule has 0 fully saturated rings. The molecule has 0 amide bonds. The average Bonchev–Trinajstić information content (AvgIpc) is 2.47. The number of nitrogens with two attached hydrogens (primary N) is 1. The summed E-state index contributed by atoms with van der Waals surface area (Å²) in [5, 5.41) is 10.9. The zero-order valence-electron chi connectivity index (χ0n) is 11.4. The van der Waals surface area contributed by atoms with Gasteiger partial charge in [-0.15, -0.1) is 0 Å². The van der Waals surface area contributed by atoms with Crippen molar-refractivity contribution in [2.75, 3.05) is 12.8 Å². The Kier molecular flexibility index (Phi) is 4.18. The van der Waals surface area contributed by atoms with Crippen LogP contribution in [-0.4, -0.2) is 20.5 Å². The molecule has 2 N–H and O–H groups in total. The number of rotatable bonds is 5. The van der Waals surface area contributed by atoms with Crippen LogP contribution in [0, 0.1) is 10.1 Å². The monoisotopic (exact) mass is 324 g/mol. The van der Waals surface area contributed by atoms with E-state index >= 15 is 0 Å². The van der Waals surface area contributed by atoms with Crippen LogP contribution >= 0.6 is 0 Å². The van der Waals surface area contributed by atoms with E-state index < -0.39 is 25.6 Å². The molecule has 0 saturated heterocycles. The van der Waals surface area contributed by atoms with E-state index in [0.29, 0.717) is 0 Å². The Morgan fingerprint density at radius 2 is 1.82 bits per heavy atom. The van der Waals surface area contributed by atoms with Crippen LogP contribution in [0.15, 0.2) is 47.4 Å². The number of hydrogen-bond acceptors (Lipinski definition) is 7. The molecule has 0 aliphatic heterocycles. The number of anilines is 1. The summed E-state index contributed by atoms with van der Waals surface area (Å²) in [5.74, 6) is -0.0585. The molecule has 0 unspecified atom stereocenters. The van der Waals surface area contributed by atoms with Crippen LogP contribution in [0.3, 0.4) is 0 Å². The first-order valence-corrected chi connectivity index (χ1v) is 7.37. The summed E-state index contributed by atoms with van der Waals surface area (Å²) in [6, 6.07) is 9.59. The van der Waals surface area contributed by atoms with E-state index in [0.717, 1.165) is 12.1 Å². The second-order valence-electron chi connectivity index (χ2n) is 4.17. The molecule has 2 rings (SSSR count). The molecule has 2 aromatic carbocycles. The molecule has 0 radical (unpaired) electrons. The van der Waals surface area contributed by atoms with Crippen LogP contribution in [0.25, 0.3) is 0 Å². The fourth-order valence-electron chi connectivity index (χ4n) is 1.72. The van der Waals surface area contributed by atoms with Crippen molar-refractivity contribution in [3.8, 4) is 11.5 Å². The van der Waals surface area contributed by atoms with Crippen molar-refractivity contribution in [3.63, 3.8) is 0 Å². The summed E-state index contributed by atoms with van der Waals surface area (Å²) in [7, 11) is -3.12. The summed E-state index contributed by atoms with van der Waals surface area (Å²) >= 11 is 0. The predicted molar refractivity (Wildman–Crippen MR) is 78.3 cm³/mol. The molecule has 0 heterocycles. The highest BCUT2D eigenvalue weighted by Crippen LogP contribution is 2.35. The number of nitrogen functional groups attached to an aromatic ring is 1. The molecule has 22 heavy (non-hydrogen) atoms. The zero-order chi connectivity index (χ0) is 16.3. The number of non-ortho nitro benzene ring substituents is 1. The molecular formula is C13H12N2O6S. The number of nitrogens with zero attached hydrogens (tertiary/aromatic N) is 1. The Morgan fingerprint density at radius 3 is 2.36 bits per heavy atom. The largest absolute Gasteiger partial charge is 0.494 e. The quantitative estimate of drug-likeness (QED) is 0.386. The Bertz CT molecular complexity index is 805. The molecule has 0 spiro atoms. The van der Waals surface area contributed by atoms with Crippen molar-refractivity contribution in [2.45, 2.75) is 4.90 Å². The van der Waals surface area contributed by atoms with Gasteiger partial charge in [-0.25, -0.2) is 0 Å². The third kappa shape index (κ3) is 3.09. The number of hydrogen-bond donors (Lipinski definition) is 1. The molecule has 9 heteroatoms. The maximum Gasteiger partial charge on any atom is 0.341 e. The van der Waals surface area contributed by atoms with Crippen molar-refractivity contribution < 1.29 is 22.3 Å². The lowest BCUT2D eigenvalue weighted by Gasteiger charge is -2.11. The fraction of sp³-hybridized carbons (Fsp3) is 0.0769. The lowest BCUT2D eigenvalue weighted by molar-refractivity contribution is -0.385. The topological polar surface area (TPSA) is 122 Å². The molecular weight excluding hydrogens is 312 g/mol. The van der Waals surface area contributed by atoms with Gasteiger partial charge in [-0.05, 0) is 12.1 Å². The van der Waals surface area contributed by atoms with Gasteiger partial charge in [-0.1, -0.05) is 18.2 Å². The Labute approximate surface area is 126 Å². The van der Waals surface area contributed by atoms with Gasteiger partial charge in [0.05, 0.1) is 23.8 Å². The van der Waals surface area contributed by atoms with Crippen LogP contribution < -0.4 is 14.7 Å². The molecule has 0 aromatic heterocycles. The van der Waals surface area contributed by atoms with Gasteiger partial charge in [-0.2, -0.15) is 8.42 Å². The van der Waals surface area contributed by atoms with Crippen molar-refractivity contribution in [3.05, 3.63) is 52.6 Å². The fourth-order valence-corrected chi connectivity index (χ4v) is 2.81. The standard InChI is InChI=1S/C13H12N2O6S/c1-20-11-7-9(15(16)17)8-12(13(11)14)22(18,19)21-10-5-3-2-4-6-10/h2-8H,14H2,1H3. The number of nitro benzene ring substituents is 1. The molecule has 116 valence electrons. The summed E-state index contributed by atoms with van der Waals surface area (Å²) in [4.78, 5) is 9.62. The number of ether oxygens (including phenoxy) is 1. The Hall–Kier alpha value is -2.81. The first-order chi connectivity index (χ1) is 10.3. The highest BCUT2D eigenvalue weighted by atomic mass is 32.2. The van der Waals surface area contributed by atoms with Gasteiger partial charge >= 0.3 is 10.1 Å². The van der Waals surface area contributed by atoms with E-state index in [1.807, 2.05) is 0 Å². The van der Waals surface area contributed by atoms with Crippen molar-refractivity contribution >= 4 is 21.5 Å². The van der Waals surface area contributed by atoms with E-state index in [9.17, 15) is 18.5 Å². The van der Waals surface area contributed by atoms with Crippen LogP contribution in [-0.2, 0) is 10.1 Å². The van der Waals surface area contributed by atoms with Crippen LogP contribution in [0.2, 0.25) is 0 Å². The maximum atomic E-state index is 12.3. The second-order valence-corrected chi connectivity index (χ2v) is 5.68. The number of nitro groups is 1. The van der Waals surface area contributed by atoms with Crippen molar-refractivity contribution in [1.29, 1.82) is 0 Å². The Morgan fingerprint density at radius 1 is 1.18 bits per heavy atom. The highest BCUT2D eigenvalue weighted by molar-refractivity contribution is 7.87. The number of benzene rings is 2. The third-order valence-electron chi connectivity index (χ3n) is 2.74. The normalized spacial score (nSPS) is 11.0. The highest BCUT2D eigenvalue weighted by Gasteiger charge is 2.26. The molecule has 0 saturated carbocycles. The van der Waals surface area contributed by atoms with Gasteiger partial charge < -0.3 is 14.7 Å². The molecule has 2 aromatic rings. The maximum absolute atomic E-state index is 12.3. The molecule has 0 aliphatic carbocycles. The molecule has 0 bridgehead atoms. The van der Waals surface area contributed by atoms with E-state index in [-0.39, 0.29) is 17.2 Å². The van der Waals surface area contributed by atoms with E-state index in [1.54, 1.807) is 18.2 Å². The van der Waals surface area contributed by atoms with Crippen molar-refractivity contribution in [2.24, 2.45) is 0 Å². The summed E-state index contributed by atoms with van der Waals surface area (Å²) < 4.78 is 34.4. The molecule has 0 aliphatic rings. The van der Waals surface area contributed by atoms with Gasteiger partial charge in [0, 0.05) is 6.07 Å². The summed E-state index contributed by atoms with van der Waals surface area (Å²) in [6.07, 6.45) is 0. The molecule has 0 atom stereocenters. The Balaban J connectivity index is 2.54. The average molecular weight is 324 g/mol. The zero-order valence-corrected chi connectivity index (χ0v) is 12.2. The minimum absolute atomic E-state index is 0.0624. The SMILES string of the molecule is COc1cc([N+](=O)[O-])cc(S(=O)(=O)Oc2ccccc2)c1N. The van der Waals surface area contributed by atoms with Crippen molar-refractivity contribution in [1.82, 2.24) is 0 Å².